The standard InChI is InChI=1S/C13H10N4OS/c1-8-10(7-14)17-13(15-8)19-12(16-17)9-5-3-4-6-11(9)18-2/h3-6H,1-2H3. The number of fused-ring (bicyclic) bond motifs is 1. The monoisotopic (exact) mass is 270 g/mol. The molecule has 0 aliphatic heterocycles. The molecule has 0 amide bonds. The summed E-state index contributed by atoms with van der Waals surface area (Å²) in [5, 5.41) is 14.4. The lowest BCUT2D eigenvalue weighted by Crippen LogP contribution is -1.91. The SMILES string of the molecule is COc1ccccc1-c1nn2c(C#N)c(C)nc2s1. The van der Waals surface area contributed by atoms with E-state index in [4.69, 9.17) is 10.00 Å². The van der Waals surface area contributed by atoms with Crippen LogP contribution in [-0.2, 0) is 0 Å². The first kappa shape index (κ1) is 11.7. The molecule has 2 heterocycles. The number of benzene rings is 1. The first-order valence-corrected chi connectivity index (χ1v) is 6.46. The van der Waals surface area contributed by atoms with Gasteiger partial charge in [0.05, 0.1) is 18.4 Å². The van der Waals surface area contributed by atoms with Gasteiger partial charge >= 0.3 is 0 Å². The van der Waals surface area contributed by atoms with Crippen LogP contribution in [0.1, 0.15) is 11.4 Å². The Kier molecular flexibility index (Phi) is 2.69. The van der Waals surface area contributed by atoms with Gasteiger partial charge < -0.3 is 4.74 Å². The third-order valence-corrected chi connectivity index (χ3v) is 3.76. The van der Waals surface area contributed by atoms with E-state index in [1.165, 1.54) is 11.3 Å². The topological polar surface area (TPSA) is 63.2 Å². The summed E-state index contributed by atoms with van der Waals surface area (Å²) in [5.41, 5.74) is 2.09. The normalized spacial score (nSPS) is 10.6. The van der Waals surface area contributed by atoms with Crippen LogP contribution in [0, 0.1) is 18.3 Å². The maximum atomic E-state index is 9.12. The molecule has 0 aliphatic carbocycles. The van der Waals surface area contributed by atoms with Crippen LogP contribution in [0.15, 0.2) is 24.3 Å². The van der Waals surface area contributed by atoms with Crippen LogP contribution in [0.3, 0.4) is 0 Å². The van der Waals surface area contributed by atoms with Crippen molar-refractivity contribution in [2.45, 2.75) is 6.92 Å². The molecule has 0 N–H and O–H groups in total. The third kappa shape index (κ3) is 1.75. The molecule has 0 radical (unpaired) electrons. The van der Waals surface area contributed by atoms with Crippen molar-refractivity contribution < 1.29 is 4.74 Å². The molecule has 0 aliphatic rings. The summed E-state index contributed by atoms with van der Waals surface area (Å²) in [6.45, 7) is 1.81. The number of methoxy groups -OCH3 is 1. The average Bonchev–Trinajstić information content (AvgIpc) is 2.95. The number of hydrogen-bond acceptors (Lipinski definition) is 5. The van der Waals surface area contributed by atoms with Crippen LogP contribution < -0.4 is 4.74 Å². The number of hydrogen-bond donors (Lipinski definition) is 0. The van der Waals surface area contributed by atoms with Crippen molar-refractivity contribution in [1.82, 2.24) is 14.6 Å². The van der Waals surface area contributed by atoms with E-state index in [2.05, 4.69) is 16.2 Å². The molecule has 0 spiro atoms. The summed E-state index contributed by atoms with van der Waals surface area (Å²) < 4.78 is 6.91. The molecular weight excluding hydrogens is 260 g/mol. The fourth-order valence-electron chi connectivity index (χ4n) is 1.91. The Morgan fingerprint density at radius 3 is 2.89 bits per heavy atom. The summed E-state index contributed by atoms with van der Waals surface area (Å²) in [6, 6.07) is 9.79. The van der Waals surface area contributed by atoms with E-state index in [1.54, 1.807) is 11.6 Å². The smallest absolute Gasteiger partial charge is 0.213 e. The van der Waals surface area contributed by atoms with Gasteiger partial charge in [0.2, 0.25) is 4.96 Å². The number of aromatic nitrogens is 3. The van der Waals surface area contributed by atoms with Crippen molar-refractivity contribution in [2.75, 3.05) is 7.11 Å². The molecule has 1 aromatic carbocycles. The molecule has 5 nitrogen and oxygen atoms in total. The van der Waals surface area contributed by atoms with Crippen molar-refractivity contribution in [3.05, 3.63) is 35.7 Å². The van der Waals surface area contributed by atoms with Crippen LogP contribution in [0.25, 0.3) is 15.5 Å². The van der Waals surface area contributed by atoms with Crippen molar-refractivity contribution in [3.63, 3.8) is 0 Å². The Morgan fingerprint density at radius 1 is 1.37 bits per heavy atom. The second kappa shape index (κ2) is 4.37. The van der Waals surface area contributed by atoms with Crippen LogP contribution in [0.5, 0.6) is 5.75 Å². The summed E-state index contributed by atoms with van der Waals surface area (Å²) in [4.78, 5) is 5.06. The quantitative estimate of drug-likeness (QED) is 0.718. The minimum Gasteiger partial charge on any atom is -0.496 e. The highest BCUT2D eigenvalue weighted by Crippen LogP contribution is 2.33. The van der Waals surface area contributed by atoms with E-state index in [9.17, 15) is 0 Å². The number of ether oxygens (including phenoxy) is 1. The van der Waals surface area contributed by atoms with Gasteiger partial charge in [0, 0.05) is 0 Å². The second-order valence-electron chi connectivity index (χ2n) is 3.96. The molecular formula is C13H10N4OS. The number of nitrogens with zero attached hydrogens (tertiary/aromatic N) is 4. The van der Waals surface area contributed by atoms with Gasteiger partial charge in [-0.05, 0) is 19.1 Å². The molecule has 0 unspecified atom stereocenters. The lowest BCUT2D eigenvalue weighted by Gasteiger charge is -2.03. The molecule has 6 heteroatoms. The van der Waals surface area contributed by atoms with Gasteiger partial charge in [-0.2, -0.15) is 14.9 Å². The maximum Gasteiger partial charge on any atom is 0.213 e. The number of nitriles is 1. The molecule has 0 saturated heterocycles. The Morgan fingerprint density at radius 2 is 2.16 bits per heavy atom. The Balaban J connectivity index is 2.22. The molecule has 0 atom stereocenters. The van der Waals surface area contributed by atoms with Gasteiger partial charge in [0.15, 0.2) is 10.7 Å². The zero-order valence-electron chi connectivity index (χ0n) is 10.4. The summed E-state index contributed by atoms with van der Waals surface area (Å²) in [7, 11) is 1.63. The van der Waals surface area contributed by atoms with E-state index < -0.39 is 0 Å². The van der Waals surface area contributed by atoms with Crippen LogP contribution in [0.4, 0.5) is 0 Å². The second-order valence-corrected chi connectivity index (χ2v) is 4.92. The minimum absolute atomic E-state index is 0.479. The fourth-order valence-corrected chi connectivity index (χ4v) is 2.88. The van der Waals surface area contributed by atoms with Gasteiger partial charge in [0.25, 0.3) is 0 Å². The third-order valence-electron chi connectivity index (χ3n) is 2.82. The van der Waals surface area contributed by atoms with E-state index in [1.807, 2.05) is 31.2 Å². The van der Waals surface area contributed by atoms with Gasteiger partial charge in [-0.15, -0.1) is 0 Å². The molecule has 2 aromatic heterocycles. The Bertz CT molecular complexity index is 797. The zero-order valence-corrected chi connectivity index (χ0v) is 11.2. The molecule has 0 fully saturated rings. The highest BCUT2D eigenvalue weighted by atomic mass is 32.1. The predicted molar refractivity (Wildman–Crippen MR) is 72.3 cm³/mol. The van der Waals surface area contributed by atoms with Crippen LogP contribution >= 0.6 is 11.3 Å². The van der Waals surface area contributed by atoms with E-state index in [0.29, 0.717) is 11.4 Å². The largest absolute Gasteiger partial charge is 0.496 e. The van der Waals surface area contributed by atoms with Gasteiger partial charge in [0.1, 0.15) is 11.8 Å². The summed E-state index contributed by atoms with van der Waals surface area (Å²) in [5.74, 6) is 0.759. The van der Waals surface area contributed by atoms with E-state index in [0.717, 1.165) is 21.3 Å². The van der Waals surface area contributed by atoms with Crippen molar-refractivity contribution in [2.24, 2.45) is 0 Å². The molecule has 3 aromatic rings. The summed E-state index contributed by atoms with van der Waals surface area (Å²) >= 11 is 1.44. The lowest BCUT2D eigenvalue weighted by molar-refractivity contribution is 0.416. The van der Waals surface area contributed by atoms with E-state index >= 15 is 0 Å². The van der Waals surface area contributed by atoms with Gasteiger partial charge in [-0.1, -0.05) is 23.5 Å². The molecule has 19 heavy (non-hydrogen) atoms. The van der Waals surface area contributed by atoms with E-state index in [-0.39, 0.29) is 0 Å². The minimum atomic E-state index is 0.479. The Labute approximate surface area is 113 Å². The first-order valence-electron chi connectivity index (χ1n) is 5.64. The Hall–Kier alpha value is -2.39. The number of imidazole rings is 1. The molecule has 3 rings (SSSR count). The fraction of sp³-hybridized carbons (Fsp3) is 0.154. The van der Waals surface area contributed by atoms with Crippen LogP contribution in [0.2, 0.25) is 0 Å². The van der Waals surface area contributed by atoms with Gasteiger partial charge in [-0.25, -0.2) is 4.98 Å². The summed E-state index contributed by atoms with van der Waals surface area (Å²) in [6.07, 6.45) is 0. The molecule has 94 valence electrons. The highest BCUT2D eigenvalue weighted by Gasteiger charge is 2.16. The molecule has 0 bridgehead atoms. The number of rotatable bonds is 2. The van der Waals surface area contributed by atoms with Crippen LogP contribution in [-0.4, -0.2) is 21.7 Å². The lowest BCUT2D eigenvalue weighted by atomic mass is 10.2. The van der Waals surface area contributed by atoms with Crippen molar-refractivity contribution in [1.29, 1.82) is 5.26 Å². The highest BCUT2D eigenvalue weighted by molar-refractivity contribution is 7.19. The van der Waals surface area contributed by atoms with Crippen molar-refractivity contribution >= 4 is 16.3 Å². The number of para-hydroxylation sites is 1. The number of aryl methyl sites for hydroxylation is 1. The zero-order chi connectivity index (χ0) is 13.4. The average molecular weight is 270 g/mol. The molecule has 0 saturated carbocycles. The maximum absolute atomic E-state index is 9.12. The first-order chi connectivity index (χ1) is 9.24. The van der Waals surface area contributed by atoms with Crippen molar-refractivity contribution in [3.8, 4) is 22.4 Å². The predicted octanol–water partition coefficient (Wildman–Crippen LogP) is 2.65. The van der Waals surface area contributed by atoms with Gasteiger partial charge in [-0.3, -0.25) is 0 Å².